The Morgan fingerprint density at radius 3 is 2.50 bits per heavy atom. The number of esters is 1. The molecule has 0 unspecified atom stereocenters. The molecule has 0 saturated heterocycles. The Morgan fingerprint density at radius 2 is 1.88 bits per heavy atom. The Bertz CT molecular complexity index is 1040. The van der Waals surface area contributed by atoms with Crippen molar-refractivity contribution in [3.8, 4) is 11.4 Å². The molecule has 0 saturated carbocycles. The van der Waals surface area contributed by atoms with E-state index in [-0.39, 0.29) is 28.4 Å². The second kappa shape index (κ2) is 5.99. The normalized spacial score (nSPS) is 12.6. The summed E-state index contributed by atoms with van der Waals surface area (Å²) < 4.78 is 24.6. The van der Waals surface area contributed by atoms with Gasteiger partial charge in [-0.3, -0.25) is 24.3 Å². The first kappa shape index (κ1) is 17.1. The lowest BCUT2D eigenvalue weighted by Gasteiger charge is -2.17. The van der Waals surface area contributed by atoms with Crippen molar-refractivity contribution >= 4 is 23.6 Å². The van der Waals surface area contributed by atoms with Crippen LogP contribution < -0.4 is 21.3 Å². The highest BCUT2D eigenvalue weighted by atomic mass is 19.1. The molecule has 0 bridgehead atoms. The zero-order chi connectivity index (χ0) is 19.2. The largest absolute Gasteiger partial charge is 0.494 e. The van der Waals surface area contributed by atoms with Crippen molar-refractivity contribution in [3.63, 3.8) is 0 Å². The highest BCUT2D eigenvalue weighted by molar-refractivity contribution is 6.23. The number of amides is 2. The summed E-state index contributed by atoms with van der Waals surface area (Å²) in [5.41, 5.74) is 4.16. The van der Waals surface area contributed by atoms with Gasteiger partial charge in [0.15, 0.2) is 5.75 Å². The van der Waals surface area contributed by atoms with Gasteiger partial charge in [-0.05, 0) is 12.1 Å². The maximum absolute atomic E-state index is 14.1. The van der Waals surface area contributed by atoms with Crippen molar-refractivity contribution in [2.45, 2.75) is 0 Å². The quantitative estimate of drug-likeness (QED) is 0.591. The van der Waals surface area contributed by atoms with Crippen LogP contribution in [-0.2, 0) is 4.74 Å². The van der Waals surface area contributed by atoms with Gasteiger partial charge in [0, 0.05) is 6.07 Å². The molecule has 0 fully saturated rings. The Balaban J connectivity index is 2.38. The topological polar surface area (TPSA) is 130 Å². The van der Waals surface area contributed by atoms with Gasteiger partial charge in [0.25, 0.3) is 17.4 Å². The fraction of sp³-hybridized carbons (Fsp3) is 0.125. The van der Waals surface area contributed by atoms with Crippen LogP contribution in [0.3, 0.4) is 0 Å². The second-order valence-corrected chi connectivity index (χ2v) is 5.24. The number of carbonyl (C=O) groups is 3. The van der Waals surface area contributed by atoms with Crippen molar-refractivity contribution in [1.82, 2.24) is 9.88 Å². The van der Waals surface area contributed by atoms with Crippen LogP contribution in [0.25, 0.3) is 5.69 Å². The van der Waals surface area contributed by atoms with Crippen molar-refractivity contribution in [2.75, 3.05) is 20.0 Å². The zero-order valence-electron chi connectivity index (χ0n) is 13.6. The lowest BCUT2D eigenvalue weighted by Crippen LogP contribution is -2.25. The number of halogens is 1. The minimum atomic E-state index is -1.03. The number of hydrogen-bond acceptors (Lipinski definition) is 7. The summed E-state index contributed by atoms with van der Waals surface area (Å²) >= 11 is 0. The average molecular weight is 361 g/mol. The van der Waals surface area contributed by atoms with Crippen LogP contribution >= 0.6 is 0 Å². The number of pyridine rings is 1. The zero-order valence-corrected chi connectivity index (χ0v) is 13.6. The smallest absolute Gasteiger partial charge is 0.344 e. The second-order valence-electron chi connectivity index (χ2n) is 5.24. The van der Waals surface area contributed by atoms with Gasteiger partial charge in [-0.2, -0.15) is 0 Å². The number of benzene rings is 1. The number of nitrogens with two attached hydrogens (primary N) is 1. The molecule has 0 atom stereocenters. The van der Waals surface area contributed by atoms with E-state index >= 15 is 0 Å². The van der Waals surface area contributed by atoms with Crippen molar-refractivity contribution in [1.29, 1.82) is 0 Å². The van der Waals surface area contributed by atoms with Crippen LogP contribution in [0, 0.1) is 5.82 Å². The molecule has 3 N–H and O–H groups in total. The van der Waals surface area contributed by atoms with Gasteiger partial charge in [0.1, 0.15) is 17.2 Å². The number of rotatable bonds is 3. The molecule has 2 amide bonds. The fourth-order valence-corrected chi connectivity index (χ4v) is 2.75. The molecule has 0 spiro atoms. The summed E-state index contributed by atoms with van der Waals surface area (Å²) in [7, 11) is 2.22. The van der Waals surface area contributed by atoms with E-state index in [4.69, 9.17) is 10.5 Å². The lowest BCUT2D eigenvalue weighted by atomic mass is 10.1. The Hall–Kier alpha value is -3.69. The monoisotopic (exact) mass is 361 g/mol. The molecular formula is C16H12FN3O6. The molecule has 134 valence electrons. The number of nitrogen functional groups attached to an aromatic ring is 1. The first-order chi connectivity index (χ1) is 12.3. The predicted molar refractivity (Wildman–Crippen MR) is 86.1 cm³/mol. The minimum Gasteiger partial charge on any atom is -0.494 e. The summed E-state index contributed by atoms with van der Waals surface area (Å²) in [6.07, 6.45) is 0. The summed E-state index contributed by atoms with van der Waals surface area (Å²) in [4.78, 5) is 48.0. The molecule has 1 aromatic carbocycles. The number of aromatic nitrogens is 1. The van der Waals surface area contributed by atoms with E-state index < -0.39 is 34.7 Å². The number of anilines is 1. The third kappa shape index (κ3) is 2.31. The van der Waals surface area contributed by atoms with Gasteiger partial charge in [0.2, 0.25) is 0 Å². The Labute approximate surface area is 145 Å². The number of ether oxygens (including phenoxy) is 2. The molecule has 1 aliphatic heterocycles. The number of carbonyl (C=O) groups excluding carboxylic acids is 3. The van der Waals surface area contributed by atoms with Crippen LogP contribution in [0.2, 0.25) is 0 Å². The Kier molecular flexibility index (Phi) is 3.95. The molecule has 3 rings (SSSR count). The molecule has 1 aliphatic rings. The van der Waals surface area contributed by atoms with Gasteiger partial charge in [0.05, 0.1) is 31.0 Å². The third-order valence-electron chi connectivity index (χ3n) is 3.87. The summed E-state index contributed by atoms with van der Waals surface area (Å²) in [6.45, 7) is 0. The van der Waals surface area contributed by atoms with Gasteiger partial charge in [-0.25, -0.2) is 9.18 Å². The molecule has 0 radical (unpaired) electrons. The minimum absolute atomic E-state index is 0.0910. The van der Waals surface area contributed by atoms with E-state index in [1.54, 1.807) is 0 Å². The molecule has 10 heteroatoms. The molecule has 9 nitrogen and oxygen atoms in total. The fourth-order valence-electron chi connectivity index (χ4n) is 2.75. The molecule has 0 aliphatic carbocycles. The maximum Gasteiger partial charge on any atom is 0.344 e. The van der Waals surface area contributed by atoms with Crippen LogP contribution in [0.4, 0.5) is 10.2 Å². The average Bonchev–Trinajstić information content (AvgIpc) is 2.88. The maximum atomic E-state index is 14.1. The molecular weight excluding hydrogens is 349 g/mol. The van der Waals surface area contributed by atoms with Crippen LogP contribution in [0.1, 0.15) is 31.1 Å². The molecule has 26 heavy (non-hydrogen) atoms. The first-order valence-corrected chi connectivity index (χ1v) is 7.18. The standard InChI is InChI=1S/C16H12FN3O6/c1-25-12-8(4-3-7(17)11(12)16(24)26-2)20-9(21)5-6-10(13(20)18)15(23)19-14(6)22/h3-5H,18H2,1-2H3,(H,19,22,23). The van der Waals surface area contributed by atoms with E-state index in [2.05, 4.69) is 4.74 Å². The summed E-state index contributed by atoms with van der Waals surface area (Å²) in [6, 6.07) is 3.00. The highest BCUT2D eigenvalue weighted by Crippen LogP contribution is 2.32. The molecule has 2 heterocycles. The van der Waals surface area contributed by atoms with Crippen LogP contribution in [-0.4, -0.2) is 36.6 Å². The highest BCUT2D eigenvalue weighted by Gasteiger charge is 2.33. The van der Waals surface area contributed by atoms with Crippen LogP contribution in [0.15, 0.2) is 23.0 Å². The lowest BCUT2D eigenvalue weighted by molar-refractivity contribution is 0.0591. The molecule has 2 aromatic rings. The van der Waals surface area contributed by atoms with Crippen molar-refractivity contribution < 1.29 is 28.2 Å². The van der Waals surface area contributed by atoms with Crippen molar-refractivity contribution in [3.05, 3.63) is 51.1 Å². The third-order valence-corrected chi connectivity index (χ3v) is 3.87. The summed E-state index contributed by atoms with van der Waals surface area (Å²) in [5.74, 6) is -4.14. The SMILES string of the molecule is COC(=O)c1c(F)ccc(-n2c(N)c3c(cc2=O)C(=O)NC3=O)c1OC. The van der Waals surface area contributed by atoms with E-state index in [1.807, 2.05) is 5.32 Å². The first-order valence-electron chi connectivity index (χ1n) is 7.18. The van der Waals surface area contributed by atoms with E-state index in [0.717, 1.165) is 37.0 Å². The number of fused-ring (bicyclic) bond motifs is 1. The number of nitrogens with zero attached hydrogens (tertiary/aromatic N) is 1. The van der Waals surface area contributed by atoms with Gasteiger partial charge >= 0.3 is 5.97 Å². The Morgan fingerprint density at radius 1 is 1.19 bits per heavy atom. The van der Waals surface area contributed by atoms with E-state index in [0.29, 0.717) is 0 Å². The van der Waals surface area contributed by atoms with E-state index in [9.17, 15) is 23.6 Å². The van der Waals surface area contributed by atoms with Gasteiger partial charge in [-0.1, -0.05) is 0 Å². The number of methoxy groups -OCH3 is 2. The van der Waals surface area contributed by atoms with Gasteiger partial charge in [-0.15, -0.1) is 0 Å². The van der Waals surface area contributed by atoms with Crippen LogP contribution in [0.5, 0.6) is 5.75 Å². The molecule has 1 aromatic heterocycles. The van der Waals surface area contributed by atoms with Gasteiger partial charge < -0.3 is 15.2 Å². The predicted octanol–water partition coefficient (Wildman–Crippen LogP) is 0.238. The summed E-state index contributed by atoms with van der Waals surface area (Å²) in [5, 5.41) is 2.03. The van der Waals surface area contributed by atoms with Crippen molar-refractivity contribution in [2.24, 2.45) is 0 Å². The number of hydrogen-bond donors (Lipinski definition) is 2. The number of imide groups is 1. The van der Waals surface area contributed by atoms with E-state index in [1.165, 1.54) is 0 Å². The number of nitrogens with one attached hydrogen (secondary N) is 1.